The molecule has 140 valence electrons. The highest BCUT2D eigenvalue weighted by molar-refractivity contribution is 7.40. The van der Waals surface area contributed by atoms with Gasteiger partial charge < -0.3 is 0 Å². The summed E-state index contributed by atoms with van der Waals surface area (Å²) < 4.78 is 0.797. The maximum Gasteiger partial charge on any atom is 0.368 e. The zero-order chi connectivity index (χ0) is 19.4. The van der Waals surface area contributed by atoms with Crippen LogP contribution in [0.4, 0.5) is 0 Å². The van der Waals surface area contributed by atoms with E-state index < -0.39 is 47.1 Å². The van der Waals surface area contributed by atoms with Crippen molar-refractivity contribution in [3.05, 3.63) is 9.64 Å². The molecule has 0 aliphatic carbocycles. The number of hydrogen-bond donors (Lipinski definition) is 0. The molecule has 0 amide bonds. The molecule has 2 rings (SSSR count). The van der Waals surface area contributed by atoms with Gasteiger partial charge in [-0.1, -0.05) is 65.5 Å². The molecule has 0 saturated heterocycles. The van der Waals surface area contributed by atoms with Crippen molar-refractivity contribution in [3.63, 3.8) is 0 Å². The van der Waals surface area contributed by atoms with E-state index in [4.69, 9.17) is 0 Å². The van der Waals surface area contributed by atoms with Crippen LogP contribution in [-0.2, 0) is 0 Å². The Morgan fingerprint density at radius 3 is 1.04 bits per heavy atom. The highest BCUT2D eigenvalue weighted by atomic mass is 35.7. The third-order valence-electron chi connectivity index (χ3n) is 7.29. The Labute approximate surface area is 161 Å². The first-order valence-electron chi connectivity index (χ1n) is 9.63. The van der Waals surface area contributed by atoms with E-state index in [0.717, 1.165) is 3.91 Å². The molecule has 24 heavy (non-hydrogen) atoms. The summed E-state index contributed by atoms with van der Waals surface area (Å²) >= 11 is 0. The normalized spacial score (nSPS) is 29.8. The van der Waals surface area contributed by atoms with Crippen molar-refractivity contribution < 1.29 is 9.75 Å². The van der Waals surface area contributed by atoms with Gasteiger partial charge in [0.15, 0.2) is 0 Å². The van der Waals surface area contributed by atoms with Gasteiger partial charge in [0.05, 0.1) is 16.1 Å². The zero-order valence-corrected chi connectivity index (χ0v) is 25.6. The first kappa shape index (κ1) is 21.6. The van der Waals surface area contributed by atoms with E-state index in [1.165, 1.54) is 0 Å². The molecule has 0 radical (unpaired) electrons. The molecule has 0 aromatic rings. The SMILES string of the molecule is C[Si]1(C)[Cl+][Si](C)(C)C2=C1[Si](C)(C)C([Si](C)(C)C)([Si](C)(C)C)[Si]2(C)C. The molecule has 0 atom stereocenters. The summed E-state index contributed by atoms with van der Waals surface area (Å²) in [6.07, 6.45) is 0. The van der Waals surface area contributed by atoms with Crippen LogP contribution in [0, 0.1) is 9.75 Å². The number of rotatable bonds is 2. The Morgan fingerprint density at radius 1 is 0.583 bits per heavy atom. The van der Waals surface area contributed by atoms with Gasteiger partial charge in [0.25, 0.3) is 0 Å². The lowest BCUT2D eigenvalue weighted by atomic mass is 11.2. The van der Waals surface area contributed by atoms with Crippen LogP contribution >= 0.6 is 0 Å². The molecule has 2 heterocycles. The number of hydrogen-bond acceptors (Lipinski definition) is 0. The largest absolute Gasteiger partial charge is 0.368 e. The lowest BCUT2D eigenvalue weighted by molar-refractivity contribution is -0.380. The topological polar surface area (TPSA) is 0 Å². The van der Waals surface area contributed by atoms with Gasteiger partial charge >= 0.3 is 14.8 Å². The molecule has 0 spiro atoms. The van der Waals surface area contributed by atoms with Crippen LogP contribution in [0.25, 0.3) is 0 Å². The Morgan fingerprint density at radius 2 is 0.833 bits per heavy atom. The third kappa shape index (κ3) is 2.29. The Bertz CT molecular complexity index is 550. The molecular formula is C17H42ClSi6+. The fraction of sp³-hybridized carbons (Fsp3) is 0.882. The Balaban J connectivity index is 3.02. The minimum atomic E-state index is -1.45. The lowest BCUT2D eigenvalue weighted by Crippen LogP contribution is -2.76. The van der Waals surface area contributed by atoms with Gasteiger partial charge in [-0.25, -0.2) is 0 Å². The fourth-order valence-corrected chi connectivity index (χ4v) is 109. The second-order valence-electron chi connectivity index (χ2n) is 12.3. The van der Waals surface area contributed by atoms with E-state index in [0.29, 0.717) is 0 Å². The van der Waals surface area contributed by atoms with Crippen LogP contribution < -0.4 is 0 Å². The fourth-order valence-electron chi connectivity index (χ4n) is 9.42. The predicted octanol–water partition coefficient (Wildman–Crippen LogP) is 6.41. The van der Waals surface area contributed by atoms with E-state index in [2.05, 4.69) is 111 Å². The summed E-state index contributed by atoms with van der Waals surface area (Å²) in [5.41, 5.74) is 0. The van der Waals surface area contributed by atoms with E-state index in [1.54, 1.807) is 0 Å². The van der Waals surface area contributed by atoms with Gasteiger partial charge in [-0.05, 0) is 49.5 Å². The molecular weight excluding hydrogens is 408 g/mol. The standard InChI is InChI=1S/C17H42ClSi6/c1-19(2,3)17(20(4,5)6)21(7,8)15-16(22(17,9)10)24(13,14)18-23(15,11)12/h1-14H3/q+1. The predicted molar refractivity (Wildman–Crippen MR) is 126 cm³/mol. The summed E-state index contributed by atoms with van der Waals surface area (Å²) in [7, 11) is -5.03. The van der Waals surface area contributed by atoms with Crippen LogP contribution in [0.2, 0.25) is 95.6 Å². The van der Waals surface area contributed by atoms with Crippen LogP contribution in [0.5, 0.6) is 0 Å². The monoisotopic (exact) mass is 449 g/mol. The Kier molecular flexibility index (Phi) is 4.71. The van der Waals surface area contributed by atoms with Gasteiger partial charge in [-0.15, -0.1) is 0 Å². The van der Waals surface area contributed by atoms with Crippen LogP contribution in [-0.4, -0.2) is 47.1 Å². The third-order valence-corrected chi connectivity index (χ3v) is 69.0. The minimum absolute atomic E-state index is 0.797. The van der Waals surface area contributed by atoms with E-state index in [-0.39, 0.29) is 0 Å². The van der Waals surface area contributed by atoms with Crippen molar-refractivity contribution in [1.29, 1.82) is 0 Å². The van der Waals surface area contributed by atoms with Gasteiger partial charge in [-0.2, -0.15) is 0 Å². The van der Waals surface area contributed by atoms with Gasteiger partial charge in [0.1, 0.15) is 0 Å². The Hall–Kier alpha value is 1.33. The molecule has 0 saturated carbocycles. The lowest BCUT2D eigenvalue weighted by Gasteiger charge is -2.64. The molecule has 2 aliphatic heterocycles. The summed E-state index contributed by atoms with van der Waals surface area (Å²) in [4.78, 5) is 4.36. The smallest absolute Gasteiger partial charge is 0.0697 e. The summed E-state index contributed by atoms with van der Waals surface area (Å²) in [6, 6.07) is 0. The van der Waals surface area contributed by atoms with Crippen molar-refractivity contribution in [2.24, 2.45) is 0 Å². The van der Waals surface area contributed by atoms with Crippen molar-refractivity contribution >= 4 is 47.1 Å². The molecule has 0 unspecified atom stereocenters. The van der Waals surface area contributed by atoms with Crippen LogP contribution in [0.3, 0.4) is 0 Å². The van der Waals surface area contributed by atoms with Crippen LogP contribution in [0.1, 0.15) is 0 Å². The van der Waals surface area contributed by atoms with E-state index >= 15 is 0 Å². The molecule has 0 aromatic carbocycles. The highest BCUT2D eigenvalue weighted by Crippen LogP contribution is 2.71. The van der Waals surface area contributed by atoms with Gasteiger partial charge in [0.2, 0.25) is 0 Å². The minimum Gasteiger partial charge on any atom is -0.0697 e. The molecule has 0 aromatic heterocycles. The summed E-state index contributed by atoms with van der Waals surface area (Å²) in [5, 5.41) is 0. The highest BCUT2D eigenvalue weighted by Gasteiger charge is 2.82. The van der Waals surface area contributed by atoms with Crippen molar-refractivity contribution in [1.82, 2.24) is 0 Å². The van der Waals surface area contributed by atoms with Crippen molar-refractivity contribution in [2.45, 2.75) is 95.6 Å². The first-order chi connectivity index (χ1) is 10.2. The van der Waals surface area contributed by atoms with E-state index in [1.807, 2.05) is 0 Å². The molecule has 0 nitrogen and oxygen atoms in total. The second kappa shape index (κ2) is 5.23. The summed E-state index contributed by atoms with van der Waals surface area (Å²) in [6.45, 7) is 38.7. The first-order valence-corrected chi connectivity index (χ1v) is 30.7. The molecule has 0 N–H and O–H groups in total. The average Bonchev–Trinajstić information content (AvgIpc) is 2.47. The van der Waals surface area contributed by atoms with Crippen molar-refractivity contribution in [3.8, 4) is 0 Å². The maximum atomic E-state index is 3.14. The number of halogens is 1. The second-order valence-corrected chi connectivity index (χ2v) is 50.8. The van der Waals surface area contributed by atoms with Crippen LogP contribution in [0.15, 0.2) is 9.64 Å². The van der Waals surface area contributed by atoms with E-state index in [9.17, 15) is 0 Å². The quantitative estimate of drug-likeness (QED) is 0.337. The molecule has 0 fully saturated rings. The van der Waals surface area contributed by atoms with Gasteiger partial charge in [0, 0.05) is 16.1 Å². The average molecular weight is 450 g/mol. The molecule has 2 aliphatic rings. The summed E-state index contributed by atoms with van der Waals surface area (Å²) in [5.74, 6) is 0. The molecule has 7 heteroatoms. The zero-order valence-electron chi connectivity index (χ0n) is 18.9. The maximum absolute atomic E-state index is 3.14. The van der Waals surface area contributed by atoms with Gasteiger partial charge in [-0.3, -0.25) is 0 Å². The molecule has 0 bridgehead atoms. The van der Waals surface area contributed by atoms with Crippen molar-refractivity contribution in [2.75, 3.05) is 0 Å².